The second-order valence-corrected chi connectivity index (χ2v) is 7.84. The third kappa shape index (κ3) is 3.55. The largest absolute Gasteiger partial charge is 0.322 e. The van der Waals surface area contributed by atoms with Crippen molar-refractivity contribution < 1.29 is 4.79 Å². The lowest BCUT2D eigenvalue weighted by Crippen LogP contribution is -2.28. The van der Waals surface area contributed by atoms with E-state index >= 15 is 0 Å². The number of halogens is 1. The fourth-order valence-corrected chi connectivity index (χ4v) is 3.73. The summed E-state index contributed by atoms with van der Waals surface area (Å²) in [5.74, 6) is -0.137. The highest BCUT2D eigenvalue weighted by Gasteiger charge is 2.27. The van der Waals surface area contributed by atoms with Crippen LogP contribution in [0.1, 0.15) is 42.2 Å². The zero-order valence-corrected chi connectivity index (χ0v) is 16.5. The molecule has 1 amide bonds. The van der Waals surface area contributed by atoms with Gasteiger partial charge in [-0.3, -0.25) is 14.7 Å². The topological polar surface area (TPSA) is 82.5 Å². The molecule has 28 heavy (non-hydrogen) atoms. The maximum absolute atomic E-state index is 12.7. The van der Waals surface area contributed by atoms with Crippen LogP contribution in [0.5, 0.6) is 0 Å². The highest BCUT2D eigenvalue weighted by atomic mass is 35.5. The average Bonchev–Trinajstić information content (AvgIpc) is 3.31. The molecule has 1 fully saturated rings. The van der Waals surface area contributed by atoms with E-state index in [-0.39, 0.29) is 17.4 Å². The van der Waals surface area contributed by atoms with Crippen LogP contribution in [0, 0.1) is 0 Å². The Morgan fingerprint density at radius 2 is 2.07 bits per heavy atom. The van der Waals surface area contributed by atoms with E-state index in [1.165, 1.54) is 10.7 Å². The van der Waals surface area contributed by atoms with E-state index in [2.05, 4.69) is 34.1 Å². The van der Waals surface area contributed by atoms with Gasteiger partial charge in [0.1, 0.15) is 5.56 Å². The summed E-state index contributed by atoms with van der Waals surface area (Å²) in [5.41, 5.74) is 1.82. The van der Waals surface area contributed by atoms with Crippen LogP contribution in [-0.2, 0) is 0 Å². The van der Waals surface area contributed by atoms with Gasteiger partial charge in [0.05, 0.1) is 5.69 Å². The molecular formula is C20H22ClN5O2. The Bertz CT molecular complexity index is 1070. The molecule has 0 radical (unpaired) electrons. The Kier molecular flexibility index (Phi) is 4.95. The fraction of sp³-hybridized carbons (Fsp3) is 0.350. The Labute approximate surface area is 167 Å². The van der Waals surface area contributed by atoms with E-state index in [0.717, 1.165) is 25.2 Å². The van der Waals surface area contributed by atoms with Crippen LogP contribution in [0.15, 0.2) is 41.3 Å². The Balaban J connectivity index is 1.65. The summed E-state index contributed by atoms with van der Waals surface area (Å²) in [6.07, 6.45) is 2.46. The zero-order valence-electron chi connectivity index (χ0n) is 15.8. The van der Waals surface area contributed by atoms with E-state index < -0.39 is 0 Å². The molecule has 1 unspecified atom stereocenters. The van der Waals surface area contributed by atoms with Crippen molar-refractivity contribution in [2.75, 3.05) is 18.4 Å². The van der Waals surface area contributed by atoms with Gasteiger partial charge in [-0.25, -0.2) is 9.50 Å². The minimum atomic E-state index is -0.333. The van der Waals surface area contributed by atoms with Crippen molar-refractivity contribution in [1.29, 1.82) is 0 Å². The van der Waals surface area contributed by atoms with Crippen molar-refractivity contribution in [2.24, 2.45) is 0 Å². The second-order valence-electron chi connectivity index (χ2n) is 7.40. The van der Waals surface area contributed by atoms with Crippen LogP contribution in [0.2, 0.25) is 5.02 Å². The lowest BCUT2D eigenvalue weighted by Gasteiger charge is -2.20. The number of hydrogen-bond donors (Lipinski definition) is 2. The van der Waals surface area contributed by atoms with Crippen LogP contribution in [0.25, 0.3) is 5.65 Å². The zero-order chi connectivity index (χ0) is 19.8. The number of rotatable bonds is 4. The van der Waals surface area contributed by atoms with Crippen LogP contribution in [0.4, 0.5) is 5.69 Å². The van der Waals surface area contributed by atoms with Gasteiger partial charge >= 0.3 is 0 Å². The van der Waals surface area contributed by atoms with Crippen LogP contribution < -0.4 is 10.9 Å². The van der Waals surface area contributed by atoms with E-state index in [9.17, 15) is 9.59 Å². The van der Waals surface area contributed by atoms with Crippen LogP contribution >= 0.6 is 11.6 Å². The predicted octanol–water partition coefficient (Wildman–Crippen LogP) is 3.13. The van der Waals surface area contributed by atoms with Crippen molar-refractivity contribution in [2.45, 2.75) is 32.2 Å². The second kappa shape index (κ2) is 7.41. The minimum absolute atomic E-state index is 0.196. The van der Waals surface area contributed by atoms with Crippen molar-refractivity contribution in [3.05, 3.63) is 63.2 Å². The number of aromatic amines is 1. The summed E-state index contributed by atoms with van der Waals surface area (Å²) >= 11 is 5.88. The Morgan fingerprint density at radius 3 is 2.75 bits per heavy atom. The average molecular weight is 400 g/mol. The number of benzene rings is 1. The highest BCUT2D eigenvalue weighted by Crippen LogP contribution is 2.27. The van der Waals surface area contributed by atoms with E-state index in [1.807, 2.05) is 0 Å². The molecule has 1 aromatic carbocycles. The van der Waals surface area contributed by atoms with Gasteiger partial charge in [-0.2, -0.15) is 0 Å². The van der Waals surface area contributed by atoms with E-state index in [1.54, 1.807) is 30.3 Å². The molecule has 146 valence electrons. The van der Waals surface area contributed by atoms with Gasteiger partial charge in [0.2, 0.25) is 0 Å². The number of nitrogens with zero attached hydrogens (tertiary/aromatic N) is 3. The van der Waals surface area contributed by atoms with Crippen molar-refractivity contribution >= 4 is 28.8 Å². The first-order valence-corrected chi connectivity index (χ1v) is 9.72. The SMILES string of the molecule is CC(C)N1CCC(c2cc(=O)n3[nH]cc(C(=O)Nc4ccc(Cl)cc4)c3n2)C1. The van der Waals surface area contributed by atoms with Gasteiger partial charge in [0.25, 0.3) is 11.5 Å². The number of carbonyl (C=O) groups excluding carboxylic acids is 1. The molecular weight excluding hydrogens is 378 g/mol. The molecule has 7 nitrogen and oxygen atoms in total. The number of hydrogen-bond acceptors (Lipinski definition) is 4. The summed E-state index contributed by atoms with van der Waals surface area (Å²) in [7, 11) is 0. The van der Waals surface area contributed by atoms with E-state index in [0.29, 0.717) is 28.0 Å². The standard InChI is InChI=1S/C20H22ClN5O2/c1-12(2)25-8-7-13(11-25)17-9-18(27)26-19(24-17)16(10-22-26)20(28)23-15-5-3-14(21)4-6-15/h3-6,9-10,12-13,22H,7-8,11H2,1-2H3,(H,23,28). The Hall–Kier alpha value is -2.64. The first-order chi connectivity index (χ1) is 13.4. The normalized spacial score (nSPS) is 17.5. The summed E-state index contributed by atoms with van der Waals surface area (Å²) < 4.78 is 1.30. The number of H-pyrrole nitrogens is 1. The fourth-order valence-electron chi connectivity index (χ4n) is 3.60. The molecule has 0 saturated carbocycles. The van der Waals surface area contributed by atoms with Crippen molar-refractivity contribution in [3.63, 3.8) is 0 Å². The summed E-state index contributed by atoms with van der Waals surface area (Å²) in [6.45, 7) is 6.19. The minimum Gasteiger partial charge on any atom is -0.322 e. The maximum atomic E-state index is 12.7. The molecule has 1 atom stereocenters. The molecule has 1 aliphatic rings. The third-order valence-electron chi connectivity index (χ3n) is 5.23. The first kappa shape index (κ1) is 18.7. The molecule has 3 aromatic rings. The summed E-state index contributed by atoms with van der Waals surface area (Å²) in [5, 5.41) is 6.23. The number of carbonyl (C=O) groups is 1. The van der Waals surface area contributed by atoms with Crippen molar-refractivity contribution in [1.82, 2.24) is 19.5 Å². The van der Waals surface area contributed by atoms with Crippen LogP contribution in [-0.4, -0.2) is 44.5 Å². The molecule has 0 spiro atoms. The molecule has 3 heterocycles. The van der Waals surface area contributed by atoms with Gasteiger partial charge in [-0.05, 0) is 51.1 Å². The molecule has 1 aliphatic heterocycles. The van der Waals surface area contributed by atoms with Gasteiger partial charge in [-0.1, -0.05) is 11.6 Å². The molecule has 0 bridgehead atoms. The molecule has 8 heteroatoms. The number of nitrogens with one attached hydrogen (secondary N) is 2. The summed E-state index contributed by atoms with van der Waals surface area (Å²) in [6, 6.07) is 8.88. The molecule has 4 rings (SSSR count). The maximum Gasteiger partial charge on any atom is 0.272 e. The molecule has 2 N–H and O–H groups in total. The molecule has 2 aromatic heterocycles. The number of aromatic nitrogens is 3. The number of amides is 1. The Morgan fingerprint density at radius 1 is 1.32 bits per heavy atom. The molecule has 0 aliphatic carbocycles. The van der Waals surface area contributed by atoms with Gasteiger partial charge < -0.3 is 10.2 Å². The lowest BCUT2D eigenvalue weighted by molar-refractivity contribution is 0.102. The third-order valence-corrected chi connectivity index (χ3v) is 5.48. The predicted molar refractivity (Wildman–Crippen MR) is 109 cm³/mol. The quantitative estimate of drug-likeness (QED) is 0.706. The van der Waals surface area contributed by atoms with Gasteiger partial charge in [-0.15, -0.1) is 0 Å². The monoisotopic (exact) mass is 399 g/mol. The highest BCUT2D eigenvalue weighted by molar-refractivity contribution is 6.30. The van der Waals surface area contributed by atoms with Gasteiger partial charge in [0, 0.05) is 41.5 Å². The van der Waals surface area contributed by atoms with Gasteiger partial charge in [0.15, 0.2) is 5.65 Å². The van der Waals surface area contributed by atoms with Crippen LogP contribution in [0.3, 0.4) is 0 Å². The number of anilines is 1. The number of fused-ring (bicyclic) bond motifs is 1. The smallest absolute Gasteiger partial charge is 0.272 e. The number of likely N-dealkylation sites (tertiary alicyclic amines) is 1. The lowest BCUT2D eigenvalue weighted by atomic mass is 10.0. The van der Waals surface area contributed by atoms with E-state index in [4.69, 9.17) is 11.6 Å². The summed E-state index contributed by atoms with van der Waals surface area (Å²) in [4.78, 5) is 32.3. The van der Waals surface area contributed by atoms with Crippen molar-refractivity contribution in [3.8, 4) is 0 Å². The first-order valence-electron chi connectivity index (χ1n) is 9.34. The molecule has 1 saturated heterocycles.